The topological polar surface area (TPSA) is 12.2 Å². The Morgan fingerprint density at radius 1 is 1.75 bits per heavy atom. The number of allylic oxidation sites excluding steroid dienone is 2. The van der Waals surface area contributed by atoms with Crippen molar-refractivity contribution in [1.82, 2.24) is 0 Å². The zero-order chi connectivity index (χ0) is 8.97. The Labute approximate surface area is 96.2 Å². The number of halogens is 2. The summed E-state index contributed by atoms with van der Waals surface area (Å²) in [6.45, 7) is 5.77. The zero-order valence-corrected chi connectivity index (χ0v) is 11.0. The SMILES string of the molecule is C=[N+]([I-])OC1=C[C@H](C)C=IC=C1. The van der Waals surface area contributed by atoms with Crippen LogP contribution in [-0.4, -0.2) is 13.7 Å². The maximum Gasteiger partial charge on any atom is 0.197 e. The van der Waals surface area contributed by atoms with Crippen molar-refractivity contribution in [2.24, 2.45) is 5.92 Å². The van der Waals surface area contributed by atoms with Crippen molar-refractivity contribution in [3.05, 3.63) is 22.0 Å². The molecule has 4 heteroatoms. The van der Waals surface area contributed by atoms with Crippen molar-refractivity contribution in [2.75, 3.05) is 0 Å². The van der Waals surface area contributed by atoms with Crippen molar-refractivity contribution in [1.29, 1.82) is 0 Å². The van der Waals surface area contributed by atoms with Gasteiger partial charge >= 0.3 is 0 Å². The van der Waals surface area contributed by atoms with Gasteiger partial charge in [-0.2, -0.15) is 2.95 Å². The van der Waals surface area contributed by atoms with E-state index in [0.717, 1.165) is 5.76 Å². The fourth-order valence-corrected chi connectivity index (χ4v) is 2.67. The first-order valence-corrected chi connectivity index (χ1v) is 6.92. The average Bonchev–Trinajstić information content (AvgIpc) is 2.12. The molecule has 0 spiro atoms. The summed E-state index contributed by atoms with van der Waals surface area (Å²) < 4.78 is 5.96. The molecule has 1 rings (SSSR count). The average molecular weight is 390 g/mol. The summed E-state index contributed by atoms with van der Waals surface area (Å²) in [6.07, 6.45) is 4.12. The standard InChI is InChI=1S/C8H10I2NO/c1-7-5-8(12-11(2)9)3-4-10-6-7/h3-7H,2H2,1H3/t7-/m0/s1. The predicted octanol–water partition coefficient (Wildman–Crippen LogP) is -1.08. The Balaban J connectivity index is 2.70. The van der Waals surface area contributed by atoms with Crippen LogP contribution in [0.15, 0.2) is 22.0 Å². The van der Waals surface area contributed by atoms with E-state index in [1.807, 2.05) is 28.9 Å². The monoisotopic (exact) mass is 390 g/mol. The summed E-state index contributed by atoms with van der Waals surface area (Å²) in [5.74, 6) is 1.40. The van der Waals surface area contributed by atoms with Crippen LogP contribution in [-0.2, 0) is 4.84 Å². The molecule has 1 radical (unpaired) electrons. The highest BCUT2D eigenvalue weighted by molar-refractivity contribution is 14.2. The summed E-state index contributed by atoms with van der Waals surface area (Å²) in [5, 5.41) is 0. The first kappa shape index (κ1) is 10.4. The van der Waals surface area contributed by atoms with Crippen LogP contribution in [0.4, 0.5) is 0 Å². The summed E-state index contributed by atoms with van der Waals surface area (Å²) in [4.78, 5) is 5.32. The van der Waals surface area contributed by atoms with Crippen molar-refractivity contribution in [3.8, 4) is 0 Å². The van der Waals surface area contributed by atoms with Crippen LogP contribution in [0.5, 0.6) is 0 Å². The number of nitrogens with zero attached hydrogens (tertiary/aromatic N) is 1. The van der Waals surface area contributed by atoms with E-state index in [-0.39, 0.29) is 20.7 Å². The van der Waals surface area contributed by atoms with Gasteiger partial charge in [0.15, 0.2) is 5.76 Å². The van der Waals surface area contributed by atoms with E-state index in [2.05, 4.69) is 27.8 Å². The molecule has 0 unspecified atom stereocenters. The fourth-order valence-electron chi connectivity index (χ4n) is 0.781. The molecule has 0 fully saturated rings. The summed E-state index contributed by atoms with van der Waals surface area (Å²) in [6, 6.07) is 0. The third kappa shape index (κ3) is 3.79. The molecule has 67 valence electrons. The van der Waals surface area contributed by atoms with E-state index in [1.54, 1.807) is 0 Å². The molecular formula is C8H10I2NO. The van der Waals surface area contributed by atoms with E-state index in [9.17, 15) is 0 Å². The van der Waals surface area contributed by atoms with Gasteiger partial charge in [0.05, 0.1) is 0 Å². The highest BCUT2D eigenvalue weighted by Gasteiger charge is 2.02. The second-order valence-corrected chi connectivity index (χ2v) is 5.62. The van der Waals surface area contributed by atoms with Crippen LogP contribution in [0, 0.1) is 5.92 Å². The van der Waals surface area contributed by atoms with Gasteiger partial charge in [-0.1, -0.05) is 27.7 Å². The van der Waals surface area contributed by atoms with Gasteiger partial charge in [-0.05, 0) is 20.2 Å². The lowest BCUT2D eigenvalue weighted by Gasteiger charge is -2.04. The quantitative estimate of drug-likeness (QED) is 0.253. The smallest absolute Gasteiger partial charge is 0.197 e. The van der Waals surface area contributed by atoms with Crippen molar-refractivity contribution >= 4 is 31.5 Å². The number of rotatable bonds is 2. The van der Waals surface area contributed by atoms with E-state index < -0.39 is 0 Å². The maximum absolute atomic E-state index is 5.32. The second-order valence-electron chi connectivity index (χ2n) is 2.38. The Morgan fingerprint density at radius 3 is 3.17 bits per heavy atom. The normalized spacial score (nSPS) is 22.2. The van der Waals surface area contributed by atoms with Gasteiger partial charge in [0.2, 0.25) is 0 Å². The molecular weight excluding hydrogens is 380 g/mol. The molecule has 1 atom stereocenters. The molecule has 0 aromatic heterocycles. The minimum absolute atomic E-state index is 0.115. The van der Waals surface area contributed by atoms with Gasteiger partial charge in [-0.25, -0.2) is 0 Å². The van der Waals surface area contributed by atoms with Gasteiger partial charge in [0.25, 0.3) is 0 Å². The first-order valence-electron chi connectivity index (χ1n) is 3.46. The molecule has 1 aliphatic rings. The Bertz CT molecular complexity index is 268. The van der Waals surface area contributed by atoms with Crippen LogP contribution in [0.25, 0.3) is 0 Å². The molecule has 0 aliphatic carbocycles. The van der Waals surface area contributed by atoms with Crippen LogP contribution >= 0.6 is 20.7 Å². The Kier molecular flexibility index (Phi) is 4.41. The van der Waals surface area contributed by atoms with E-state index in [0.29, 0.717) is 5.92 Å². The molecule has 1 aliphatic heterocycles. The van der Waals surface area contributed by atoms with Crippen molar-refractivity contribution in [2.45, 2.75) is 6.92 Å². The summed E-state index contributed by atoms with van der Waals surface area (Å²) >= 11 is 2.10. The first-order chi connectivity index (χ1) is 5.68. The van der Waals surface area contributed by atoms with Gasteiger partial charge < -0.3 is 22.9 Å². The fraction of sp³-hybridized carbons (Fsp3) is 0.250. The summed E-state index contributed by atoms with van der Waals surface area (Å²) in [5.41, 5.74) is 0. The molecule has 0 saturated heterocycles. The number of hydrogen-bond acceptors (Lipinski definition) is 1. The predicted molar refractivity (Wildman–Crippen MR) is 54.9 cm³/mol. The van der Waals surface area contributed by atoms with Crippen molar-refractivity contribution in [3.63, 3.8) is 0 Å². The second kappa shape index (κ2) is 5.11. The highest BCUT2D eigenvalue weighted by atomic mass is 127. The molecule has 0 N–H and O–H groups in total. The van der Waals surface area contributed by atoms with E-state index >= 15 is 0 Å². The van der Waals surface area contributed by atoms with Crippen LogP contribution in [0.1, 0.15) is 6.92 Å². The highest BCUT2D eigenvalue weighted by Crippen LogP contribution is 2.14. The molecule has 0 bridgehead atoms. The third-order valence-corrected chi connectivity index (χ3v) is 3.72. The van der Waals surface area contributed by atoms with E-state index in [4.69, 9.17) is 4.84 Å². The molecule has 0 saturated carbocycles. The lowest BCUT2D eigenvalue weighted by Crippen LogP contribution is -3.39. The molecule has 0 aromatic carbocycles. The minimum Gasteiger partial charge on any atom is -0.300 e. The minimum atomic E-state index is 0.115. The van der Waals surface area contributed by atoms with E-state index in [1.165, 1.54) is 2.95 Å². The molecule has 1 heterocycles. The largest absolute Gasteiger partial charge is 0.300 e. The zero-order valence-electron chi connectivity index (χ0n) is 6.71. The lowest BCUT2D eigenvalue weighted by atomic mass is 10.2. The van der Waals surface area contributed by atoms with Crippen molar-refractivity contribution < 1.29 is 30.7 Å². The van der Waals surface area contributed by atoms with Crippen LogP contribution < -0.4 is 22.9 Å². The van der Waals surface area contributed by atoms with Gasteiger partial charge in [-0.3, -0.25) is 4.84 Å². The molecule has 0 amide bonds. The lowest BCUT2D eigenvalue weighted by molar-refractivity contribution is -1.17. The third-order valence-electron chi connectivity index (χ3n) is 1.20. The van der Waals surface area contributed by atoms with Gasteiger partial charge in [0.1, 0.15) is 6.72 Å². The Hall–Kier alpha value is 0.280. The molecule has 0 aromatic rings. The Morgan fingerprint density at radius 2 is 2.50 bits per heavy atom. The van der Waals surface area contributed by atoms with Gasteiger partial charge in [-0.15, -0.1) is 0 Å². The number of hydrogen-bond donors (Lipinski definition) is 0. The summed E-state index contributed by atoms with van der Waals surface area (Å²) in [7, 11) is 0. The van der Waals surface area contributed by atoms with Gasteiger partial charge in [0, 0.05) is 5.92 Å². The van der Waals surface area contributed by atoms with Crippen LogP contribution in [0.2, 0.25) is 0 Å². The molecule has 12 heavy (non-hydrogen) atoms. The molecule has 2 nitrogen and oxygen atoms in total. The maximum atomic E-state index is 5.32. The van der Waals surface area contributed by atoms with Crippen LogP contribution in [0.3, 0.4) is 0 Å².